The maximum atomic E-state index is 14.1. The molecule has 42 heavy (non-hydrogen) atoms. The minimum absolute atomic E-state index is 0.0820. The lowest BCUT2D eigenvalue weighted by molar-refractivity contribution is -0.144. The summed E-state index contributed by atoms with van der Waals surface area (Å²) >= 11 is 5.84. The minimum Gasteiger partial charge on any atom is -0.387 e. The molecule has 3 atom stereocenters. The van der Waals surface area contributed by atoms with E-state index in [9.17, 15) is 32.6 Å². The predicted octanol–water partition coefficient (Wildman–Crippen LogP) is 4.20. The van der Waals surface area contributed by atoms with Gasteiger partial charge >= 0.3 is 6.18 Å². The molecule has 14 heteroatoms. The number of benzene rings is 1. The molecule has 3 fully saturated rings. The van der Waals surface area contributed by atoms with Crippen LogP contribution in [0.4, 0.5) is 23.2 Å². The number of anilines is 1. The van der Waals surface area contributed by atoms with Crippen molar-refractivity contribution < 1.29 is 32.6 Å². The van der Waals surface area contributed by atoms with E-state index >= 15 is 0 Å². The highest BCUT2D eigenvalue weighted by molar-refractivity contribution is 6.31. The predicted molar refractivity (Wildman–Crippen MR) is 144 cm³/mol. The van der Waals surface area contributed by atoms with Gasteiger partial charge in [-0.3, -0.25) is 9.48 Å². The highest BCUT2D eigenvalue weighted by atomic mass is 35.5. The molecular weight excluding hydrogens is 580 g/mol. The van der Waals surface area contributed by atoms with Gasteiger partial charge < -0.3 is 25.4 Å². The van der Waals surface area contributed by atoms with E-state index < -0.39 is 34.8 Å². The average molecular weight is 611 g/mol. The zero-order valence-electron chi connectivity index (χ0n) is 22.8. The van der Waals surface area contributed by atoms with Crippen molar-refractivity contribution in [1.82, 2.24) is 24.6 Å². The van der Waals surface area contributed by atoms with Crippen LogP contribution in [0.3, 0.4) is 0 Å². The van der Waals surface area contributed by atoms with E-state index in [1.807, 2.05) is 0 Å². The summed E-state index contributed by atoms with van der Waals surface area (Å²) in [6, 6.07) is 3.87. The number of nitrogens with one attached hydrogen (secondary N) is 2. The van der Waals surface area contributed by atoms with Crippen molar-refractivity contribution in [3.63, 3.8) is 0 Å². The number of amides is 1. The number of hydrogen-bond acceptors (Lipinski definition) is 6. The number of hydrogen-bond donors (Lipinski definition) is 4. The Bertz CT molecular complexity index is 1500. The highest BCUT2D eigenvalue weighted by Gasteiger charge is 2.54. The summed E-state index contributed by atoms with van der Waals surface area (Å²) < 4.78 is 58.4. The smallest absolute Gasteiger partial charge is 0.387 e. The molecule has 3 aromatic rings. The number of alkyl halides is 3. The molecule has 1 saturated heterocycles. The van der Waals surface area contributed by atoms with Crippen molar-refractivity contribution in [2.75, 3.05) is 18.4 Å². The van der Waals surface area contributed by atoms with Gasteiger partial charge in [-0.05, 0) is 68.7 Å². The Balaban J connectivity index is 1.19. The van der Waals surface area contributed by atoms with Crippen LogP contribution in [0.25, 0.3) is 0 Å². The Morgan fingerprint density at radius 1 is 1.24 bits per heavy atom. The first-order valence-corrected chi connectivity index (χ1v) is 14.2. The second-order valence-electron chi connectivity index (χ2n) is 12.0. The summed E-state index contributed by atoms with van der Waals surface area (Å²) in [5.74, 6) is -1.34. The standard InChI is InChI=1S/C28H31ClF4N6O3/c1-38-14-35-22(23(38)25(40)36-18-2-3-21(30)20(29)8-18)15-6-16-9-27(42,10-17(16)7-15)19-11-39(37-24(19)28(31,32)33)13-26(41)4-5-34-12-26/h2-3,8,11,14-17,34,41-42H,4-7,9-10,12-13H2,1H3,(H,36,40). The number of β-amino-alcohol motifs (C(OH)–C–C–N with tert-alkyl or cyclic N) is 1. The molecule has 0 spiro atoms. The van der Waals surface area contributed by atoms with E-state index in [-0.39, 0.29) is 54.3 Å². The molecule has 2 saturated carbocycles. The van der Waals surface area contributed by atoms with Crippen LogP contribution in [-0.2, 0) is 25.4 Å². The van der Waals surface area contributed by atoms with Gasteiger partial charge in [-0.1, -0.05) is 11.6 Å². The van der Waals surface area contributed by atoms with Crippen LogP contribution in [0.5, 0.6) is 0 Å². The molecule has 1 aliphatic heterocycles. The number of nitrogens with zero attached hydrogens (tertiary/aromatic N) is 4. The van der Waals surface area contributed by atoms with Gasteiger partial charge in [0, 0.05) is 37.0 Å². The Labute approximate surface area is 243 Å². The van der Waals surface area contributed by atoms with E-state index in [4.69, 9.17) is 11.6 Å². The number of halogens is 5. The Morgan fingerprint density at radius 2 is 1.95 bits per heavy atom. The number of fused-ring (bicyclic) bond motifs is 1. The molecule has 3 unspecified atom stereocenters. The Hall–Kier alpha value is -3.00. The molecule has 6 rings (SSSR count). The molecule has 9 nitrogen and oxygen atoms in total. The quantitative estimate of drug-likeness (QED) is 0.311. The molecule has 2 aliphatic carbocycles. The Kier molecular flexibility index (Phi) is 7.15. The van der Waals surface area contributed by atoms with Crippen molar-refractivity contribution in [2.45, 2.75) is 61.9 Å². The summed E-state index contributed by atoms with van der Waals surface area (Å²) in [6.07, 6.45) is -0.261. The average Bonchev–Trinajstić information content (AvgIpc) is 3.70. The second kappa shape index (κ2) is 10.3. The van der Waals surface area contributed by atoms with Crippen LogP contribution in [0.15, 0.2) is 30.7 Å². The van der Waals surface area contributed by atoms with E-state index in [2.05, 4.69) is 20.7 Å². The number of aromatic nitrogens is 4. The van der Waals surface area contributed by atoms with Gasteiger partial charge in [0.1, 0.15) is 11.5 Å². The minimum atomic E-state index is -4.77. The molecule has 226 valence electrons. The van der Waals surface area contributed by atoms with Crippen LogP contribution in [0, 0.1) is 17.7 Å². The first-order valence-electron chi connectivity index (χ1n) is 13.8. The zero-order chi connectivity index (χ0) is 30.0. The molecule has 1 amide bonds. The number of carbonyl (C=O) groups is 1. The van der Waals surface area contributed by atoms with Gasteiger partial charge in [-0.25, -0.2) is 9.37 Å². The van der Waals surface area contributed by atoms with Crippen molar-refractivity contribution in [3.05, 3.63) is 64.2 Å². The number of rotatable bonds is 6. The van der Waals surface area contributed by atoms with Gasteiger partial charge in [-0.2, -0.15) is 18.3 Å². The molecule has 0 bridgehead atoms. The van der Waals surface area contributed by atoms with E-state index in [0.29, 0.717) is 42.9 Å². The van der Waals surface area contributed by atoms with E-state index in [1.54, 1.807) is 11.6 Å². The lowest BCUT2D eigenvalue weighted by Crippen LogP contribution is -2.36. The van der Waals surface area contributed by atoms with Crippen molar-refractivity contribution in [2.24, 2.45) is 18.9 Å². The maximum absolute atomic E-state index is 14.1. The fourth-order valence-electron chi connectivity index (χ4n) is 7.11. The summed E-state index contributed by atoms with van der Waals surface area (Å²) in [4.78, 5) is 17.7. The number of imidazole rings is 1. The van der Waals surface area contributed by atoms with Gasteiger partial charge in [0.2, 0.25) is 0 Å². The molecule has 0 radical (unpaired) electrons. The molecule has 3 heterocycles. The van der Waals surface area contributed by atoms with Crippen molar-refractivity contribution >= 4 is 23.2 Å². The van der Waals surface area contributed by atoms with Gasteiger partial charge in [0.15, 0.2) is 5.69 Å². The van der Waals surface area contributed by atoms with Crippen LogP contribution >= 0.6 is 11.6 Å². The van der Waals surface area contributed by atoms with Gasteiger partial charge in [0.05, 0.1) is 34.8 Å². The summed E-state index contributed by atoms with van der Waals surface area (Å²) in [5, 5.41) is 31.7. The third-order valence-corrected chi connectivity index (χ3v) is 9.28. The third kappa shape index (κ3) is 5.31. The van der Waals surface area contributed by atoms with Gasteiger partial charge in [-0.15, -0.1) is 0 Å². The molecule has 1 aromatic carbocycles. The second-order valence-corrected chi connectivity index (χ2v) is 12.4. The zero-order valence-corrected chi connectivity index (χ0v) is 23.5. The lowest BCUT2D eigenvalue weighted by atomic mass is 9.87. The maximum Gasteiger partial charge on any atom is 0.435 e. The Morgan fingerprint density at radius 3 is 2.57 bits per heavy atom. The largest absolute Gasteiger partial charge is 0.435 e. The summed E-state index contributed by atoms with van der Waals surface area (Å²) in [7, 11) is 1.69. The third-order valence-electron chi connectivity index (χ3n) is 8.99. The van der Waals surface area contributed by atoms with Crippen LogP contribution < -0.4 is 10.6 Å². The van der Waals surface area contributed by atoms with E-state index in [0.717, 1.165) is 10.7 Å². The number of aliphatic hydroxyl groups is 2. The lowest BCUT2D eigenvalue weighted by Gasteiger charge is -2.25. The molecular formula is C28H31ClF4N6O3. The monoisotopic (exact) mass is 610 g/mol. The number of carbonyl (C=O) groups excluding carboxylic acids is 1. The fourth-order valence-corrected chi connectivity index (χ4v) is 7.29. The van der Waals surface area contributed by atoms with Gasteiger partial charge in [0.25, 0.3) is 5.91 Å². The molecule has 4 N–H and O–H groups in total. The topological polar surface area (TPSA) is 117 Å². The molecule has 3 aliphatic rings. The summed E-state index contributed by atoms with van der Waals surface area (Å²) in [6.45, 7) is 0.707. The highest BCUT2D eigenvalue weighted by Crippen LogP contribution is 2.58. The number of aryl methyl sites for hydroxylation is 1. The molecule has 2 aromatic heterocycles. The van der Waals surface area contributed by atoms with Crippen LogP contribution in [-0.4, -0.2) is 54.1 Å². The van der Waals surface area contributed by atoms with E-state index in [1.165, 1.54) is 24.7 Å². The van der Waals surface area contributed by atoms with Crippen molar-refractivity contribution in [1.29, 1.82) is 0 Å². The first-order chi connectivity index (χ1) is 19.7. The SMILES string of the molecule is Cn1cnc(C2CC3CC(O)(c4cn(CC5(O)CCNC5)nc4C(F)(F)F)CC3C2)c1C(=O)Nc1ccc(F)c(Cl)c1. The normalized spacial score (nSPS) is 29.3. The first kappa shape index (κ1) is 29.1. The van der Waals surface area contributed by atoms with Crippen LogP contribution in [0.2, 0.25) is 5.02 Å². The fraction of sp³-hybridized carbons (Fsp3) is 0.536. The van der Waals surface area contributed by atoms with Crippen molar-refractivity contribution in [3.8, 4) is 0 Å². The summed E-state index contributed by atoms with van der Waals surface area (Å²) in [5.41, 5.74) is -3.08. The van der Waals surface area contributed by atoms with Crippen LogP contribution in [0.1, 0.15) is 65.5 Å².